The van der Waals surface area contributed by atoms with E-state index < -0.39 is 23.5 Å². The Morgan fingerprint density at radius 3 is 2.69 bits per heavy atom. The first-order chi connectivity index (χ1) is 7.54. The summed E-state index contributed by atoms with van der Waals surface area (Å²) in [5.41, 5.74) is -0.457. The van der Waals surface area contributed by atoms with Gasteiger partial charge in [0.05, 0.1) is 0 Å². The van der Waals surface area contributed by atoms with Gasteiger partial charge >= 0.3 is 5.97 Å². The number of aromatic nitrogens is 2. The van der Waals surface area contributed by atoms with Crippen molar-refractivity contribution in [1.29, 1.82) is 0 Å². The van der Waals surface area contributed by atoms with Crippen molar-refractivity contribution in [3.63, 3.8) is 0 Å². The van der Waals surface area contributed by atoms with Gasteiger partial charge in [0, 0.05) is 6.07 Å². The van der Waals surface area contributed by atoms with Gasteiger partial charge in [-0.25, -0.2) is 9.89 Å². The molecule has 1 amide bonds. The summed E-state index contributed by atoms with van der Waals surface area (Å²) in [6, 6.07) is 1.41. The fourth-order valence-electron chi connectivity index (χ4n) is 1.04. The van der Waals surface area contributed by atoms with Crippen LogP contribution in [0.2, 0.25) is 0 Å². The molecule has 0 aromatic carbocycles. The van der Waals surface area contributed by atoms with Gasteiger partial charge < -0.3 is 10.4 Å². The van der Waals surface area contributed by atoms with Crippen LogP contribution in [0.15, 0.2) is 16.9 Å². The van der Waals surface area contributed by atoms with Gasteiger partial charge in [-0.1, -0.05) is 6.92 Å². The lowest BCUT2D eigenvalue weighted by Crippen LogP contribution is -2.40. The van der Waals surface area contributed by atoms with Crippen molar-refractivity contribution in [2.75, 3.05) is 0 Å². The summed E-state index contributed by atoms with van der Waals surface area (Å²) >= 11 is 0. The Labute approximate surface area is 90.5 Å². The van der Waals surface area contributed by atoms with E-state index in [4.69, 9.17) is 5.11 Å². The van der Waals surface area contributed by atoms with Gasteiger partial charge in [-0.05, 0) is 12.5 Å². The summed E-state index contributed by atoms with van der Waals surface area (Å²) < 4.78 is 0. The summed E-state index contributed by atoms with van der Waals surface area (Å²) in [5.74, 6) is -1.74. The van der Waals surface area contributed by atoms with E-state index in [0.717, 1.165) is 6.07 Å². The van der Waals surface area contributed by atoms with Crippen LogP contribution < -0.4 is 10.9 Å². The number of carbonyl (C=O) groups is 2. The van der Waals surface area contributed by atoms with E-state index in [0.29, 0.717) is 0 Å². The van der Waals surface area contributed by atoms with E-state index in [9.17, 15) is 14.4 Å². The number of aliphatic carboxylic acids is 1. The molecule has 0 spiro atoms. The van der Waals surface area contributed by atoms with E-state index in [1.54, 1.807) is 6.92 Å². The number of carboxylic acids is 1. The van der Waals surface area contributed by atoms with Gasteiger partial charge in [0.25, 0.3) is 11.5 Å². The van der Waals surface area contributed by atoms with Crippen molar-refractivity contribution in [2.24, 2.45) is 0 Å². The van der Waals surface area contributed by atoms with Crippen LogP contribution in [0.4, 0.5) is 0 Å². The zero-order valence-electron chi connectivity index (χ0n) is 8.56. The first-order valence-electron chi connectivity index (χ1n) is 4.64. The van der Waals surface area contributed by atoms with E-state index in [1.807, 2.05) is 0 Å². The molecule has 0 aliphatic heterocycles. The lowest BCUT2D eigenvalue weighted by molar-refractivity contribution is -0.139. The van der Waals surface area contributed by atoms with Crippen LogP contribution >= 0.6 is 0 Å². The van der Waals surface area contributed by atoms with Crippen LogP contribution in [-0.2, 0) is 4.79 Å². The third-order valence-electron chi connectivity index (χ3n) is 1.92. The maximum atomic E-state index is 11.5. The summed E-state index contributed by atoms with van der Waals surface area (Å²) in [6.45, 7) is 1.64. The van der Waals surface area contributed by atoms with Crippen molar-refractivity contribution < 1.29 is 14.7 Å². The first-order valence-corrected chi connectivity index (χ1v) is 4.64. The second-order valence-electron chi connectivity index (χ2n) is 3.08. The number of carboxylic acid groups (broad SMARTS) is 1. The molecule has 1 aromatic rings. The van der Waals surface area contributed by atoms with Crippen LogP contribution in [0.25, 0.3) is 0 Å². The lowest BCUT2D eigenvalue weighted by Gasteiger charge is -2.11. The Hall–Kier alpha value is -2.18. The molecule has 1 atom stereocenters. The average Bonchev–Trinajstić information content (AvgIpc) is 2.26. The number of rotatable bonds is 4. The van der Waals surface area contributed by atoms with Crippen LogP contribution in [-0.4, -0.2) is 33.2 Å². The minimum Gasteiger partial charge on any atom is -0.480 e. The molecule has 7 nitrogen and oxygen atoms in total. The Morgan fingerprint density at radius 1 is 1.56 bits per heavy atom. The summed E-state index contributed by atoms with van der Waals surface area (Å²) in [4.78, 5) is 32.8. The molecule has 0 unspecified atom stereocenters. The van der Waals surface area contributed by atoms with Crippen molar-refractivity contribution >= 4 is 11.9 Å². The lowest BCUT2D eigenvalue weighted by atomic mass is 10.2. The Morgan fingerprint density at radius 2 is 2.25 bits per heavy atom. The van der Waals surface area contributed by atoms with E-state index >= 15 is 0 Å². The molecule has 0 saturated carbocycles. The minimum atomic E-state index is -1.11. The zero-order valence-corrected chi connectivity index (χ0v) is 8.56. The van der Waals surface area contributed by atoms with Crippen LogP contribution in [0.3, 0.4) is 0 Å². The molecular formula is C9H11N3O4. The monoisotopic (exact) mass is 225 g/mol. The molecule has 0 aliphatic rings. The third kappa shape index (κ3) is 2.91. The van der Waals surface area contributed by atoms with Crippen LogP contribution in [0, 0.1) is 0 Å². The number of carbonyl (C=O) groups excluding carboxylic acids is 1. The number of hydrogen-bond acceptors (Lipinski definition) is 4. The van der Waals surface area contributed by atoms with Gasteiger partial charge in [-0.15, -0.1) is 0 Å². The normalized spacial score (nSPS) is 11.8. The predicted octanol–water partition coefficient (Wildman–Crippen LogP) is -0.637. The van der Waals surface area contributed by atoms with Crippen LogP contribution in [0.5, 0.6) is 0 Å². The number of nitrogens with zero attached hydrogens (tertiary/aromatic N) is 1. The average molecular weight is 225 g/mol. The molecule has 1 heterocycles. The highest BCUT2D eigenvalue weighted by Gasteiger charge is 2.19. The zero-order chi connectivity index (χ0) is 12.1. The fraction of sp³-hybridized carbons (Fsp3) is 0.333. The number of amides is 1. The van der Waals surface area contributed by atoms with E-state index in [2.05, 4.69) is 15.5 Å². The highest BCUT2D eigenvalue weighted by molar-refractivity contribution is 5.94. The second kappa shape index (κ2) is 5.06. The maximum absolute atomic E-state index is 11.5. The first kappa shape index (κ1) is 11.9. The summed E-state index contributed by atoms with van der Waals surface area (Å²) in [5, 5.41) is 16.6. The van der Waals surface area contributed by atoms with Crippen LogP contribution in [0.1, 0.15) is 23.8 Å². The van der Waals surface area contributed by atoms with Crippen molar-refractivity contribution in [1.82, 2.24) is 15.5 Å². The second-order valence-corrected chi connectivity index (χ2v) is 3.08. The van der Waals surface area contributed by atoms with Gasteiger partial charge in [0.2, 0.25) is 0 Å². The SMILES string of the molecule is CC[C@@H](NC(=O)c1ccc(=O)[nH]n1)C(=O)O. The van der Waals surface area contributed by atoms with Gasteiger partial charge in [-0.3, -0.25) is 9.59 Å². The molecule has 1 aromatic heterocycles. The quantitative estimate of drug-likeness (QED) is 0.631. The summed E-state index contributed by atoms with van der Waals surface area (Å²) in [6.07, 6.45) is 0.268. The number of nitrogens with one attached hydrogen (secondary N) is 2. The standard InChI is InChI=1S/C9H11N3O4/c1-2-5(9(15)16)10-8(14)6-3-4-7(13)12-11-6/h3-5H,2H2,1H3,(H,10,14)(H,12,13)(H,15,16)/t5-/m1/s1. The Kier molecular flexibility index (Phi) is 3.76. The summed E-state index contributed by atoms with van der Waals surface area (Å²) in [7, 11) is 0. The Bertz CT molecular complexity index is 434. The molecule has 0 aliphatic carbocycles. The molecular weight excluding hydrogens is 214 g/mol. The molecule has 0 saturated heterocycles. The highest BCUT2D eigenvalue weighted by atomic mass is 16.4. The molecule has 3 N–H and O–H groups in total. The maximum Gasteiger partial charge on any atom is 0.326 e. The van der Waals surface area contributed by atoms with Gasteiger partial charge in [0.15, 0.2) is 0 Å². The number of hydrogen-bond donors (Lipinski definition) is 3. The Balaban J connectivity index is 2.75. The third-order valence-corrected chi connectivity index (χ3v) is 1.92. The topological polar surface area (TPSA) is 112 Å². The van der Waals surface area contributed by atoms with E-state index in [1.165, 1.54) is 6.07 Å². The smallest absolute Gasteiger partial charge is 0.326 e. The molecule has 1 rings (SSSR count). The molecule has 0 fully saturated rings. The molecule has 0 radical (unpaired) electrons. The largest absolute Gasteiger partial charge is 0.480 e. The van der Waals surface area contributed by atoms with E-state index in [-0.39, 0.29) is 12.1 Å². The molecule has 86 valence electrons. The fourth-order valence-corrected chi connectivity index (χ4v) is 1.04. The van der Waals surface area contributed by atoms with Crippen molar-refractivity contribution in [3.05, 3.63) is 28.2 Å². The van der Waals surface area contributed by atoms with Crippen molar-refractivity contribution in [2.45, 2.75) is 19.4 Å². The van der Waals surface area contributed by atoms with Gasteiger partial charge in [0.1, 0.15) is 11.7 Å². The number of H-pyrrole nitrogens is 1. The molecule has 7 heteroatoms. The molecule has 16 heavy (non-hydrogen) atoms. The predicted molar refractivity (Wildman–Crippen MR) is 54.0 cm³/mol. The number of aromatic amines is 1. The van der Waals surface area contributed by atoms with Crippen molar-refractivity contribution in [3.8, 4) is 0 Å². The molecule has 0 bridgehead atoms. The van der Waals surface area contributed by atoms with Gasteiger partial charge in [-0.2, -0.15) is 5.10 Å². The highest BCUT2D eigenvalue weighted by Crippen LogP contribution is 1.95. The minimum absolute atomic E-state index is 0.0284.